The van der Waals surface area contributed by atoms with E-state index in [9.17, 15) is 4.39 Å². The highest BCUT2D eigenvalue weighted by Gasteiger charge is 2.04. The van der Waals surface area contributed by atoms with Gasteiger partial charge in [-0.15, -0.1) is 0 Å². The third-order valence-corrected chi connectivity index (χ3v) is 3.18. The Bertz CT molecular complexity index is 820. The number of halogens is 2. The zero-order chi connectivity index (χ0) is 16.1. The molecule has 0 unspecified atom stereocenters. The summed E-state index contributed by atoms with van der Waals surface area (Å²) in [6.45, 7) is 0. The van der Waals surface area contributed by atoms with Gasteiger partial charge in [0.25, 0.3) is 0 Å². The lowest BCUT2D eigenvalue weighted by Crippen LogP contribution is -1.97. The molecule has 0 bridgehead atoms. The summed E-state index contributed by atoms with van der Waals surface area (Å²) in [5, 5.41) is 4.39. The molecule has 0 aliphatic carbocycles. The molecule has 0 saturated heterocycles. The van der Waals surface area contributed by atoms with Gasteiger partial charge in [0.05, 0.1) is 6.21 Å². The van der Waals surface area contributed by atoms with Gasteiger partial charge in [0.1, 0.15) is 11.0 Å². The Hall–Kier alpha value is -2.79. The van der Waals surface area contributed by atoms with Crippen LogP contribution in [0.1, 0.15) is 5.56 Å². The summed E-state index contributed by atoms with van der Waals surface area (Å²) < 4.78 is 12.8. The second-order valence-corrected chi connectivity index (χ2v) is 5.07. The van der Waals surface area contributed by atoms with E-state index in [0.717, 1.165) is 11.1 Å². The number of benzene rings is 2. The van der Waals surface area contributed by atoms with Gasteiger partial charge in [-0.05, 0) is 17.7 Å². The van der Waals surface area contributed by atoms with Crippen LogP contribution >= 0.6 is 11.6 Å². The van der Waals surface area contributed by atoms with Crippen LogP contribution < -0.4 is 5.43 Å². The van der Waals surface area contributed by atoms with Gasteiger partial charge in [0.15, 0.2) is 11.6 Å². The van der Waals surface area contributed by atoms with Gasteiger partial charge < -0.3 is 0 Å². The van der Waals surface area contributed by atoms with Gasteiger partial charge in [-0.3, -0.25) is 5.43 Å². The van der Waals surface area contributed by atoms with E-state index >= 15 is 0 Å². The van der Waals surface area contributed by atoms with Gasteiger partial charge in [0.2, 0.25) is 0 Å². The van der Waals surface area contributed by atoms with E-state index in [0.29, 0.717) is 16.8 Å². The number of hydrazone groups is 1. The number of hydrogen-bond donors (Lipinski definition) is 1. The highest BCUT2D eigenvalue weighted by molar-refractivity contribution is 6.29. The first-order chi connectivity index (χ1) is 11.2. The predicted molar refractivity (Wildman–Crippen MR) is 90.1 cm³/mol. The third-order valence-electron chi connectivity index (χ3n) is 2.99. The van der Waals surface area contributed by atoms with Crippen molar-refractivity contribution in [2.24, 2.45) is 5.10 Å². The highest BCUT2D eigenvalue weighted by Crippen LogP contribution is 2.19. The molecule has 2 aromatic carbocycles. The molecule has 114 valence electrons. The minimum atomic E-state index is -0.287. The molecule has 1 aromatic heterocycles. The van der Waals surface area contributed by atoms with Crippen LogP contribution in [0.4, 0.5) is 10.2 Å². The van der Waals surface area contributed by atoms with Crippen molar-refractivity contribution < 1.29 is 4.39 Å². The van der Waals surface area contributed by atoms with Gasteiger partial charge >= 0.3 is 0 Å². The molecule has 0 saturated carbocycles. The summed E-state index contributed by atoms with van der Waals surface area (Å²) in [7, 11) is 0. The van der Waals surface area contributed by atoms with E-state index in [4.69, 9.17) is 11.6 Å². The Morgan fingerprint density at radius 1 is 1.00 bits per heavy atom. The van der Waals surface area contributed by atoms with E-state index < -0.39 is 0 Å². The molecule has 0 radical (unpaired) electrons. The van der Waals surface area contributed by atoms with Crippen LogP contribution in [-0.2, 0) is 0 Å². The summed E-state index contributed by atoms with van der Waals surface area (Å²) >= 11 is 6.03. The normalized spacial score (nSPS) is 10.9. The standard InChI is InChI=1S/C17H12ClFN4/c18-15-10-16(22-17(21-15)13-4-2-1-3-5-13)23-20-11-12-6-8-14(19)9-7-12/h1-11H,(H,21,22,23)/b20-11+. The van der Waals surface area contributed by atoms with Crippen LogP contribution in [0.2, 0.25) is 5.15 Å². The quantitative estimate of drug-likeness (QED) is 0.439. The zero-order valence-corrected chi connectivity index (χ0v) is 12.7. The summed E-state index contributed by atoms with van der Waals surface area (Å²) in [5.41, 5.74) is 4.43. The lowest BCUT2D eigenvalue weighted by atomic mass is 10.2. The van der Waals surface area contributed by atoms with Crippen molar-refractivity contribution in [2.75, 3.05) is 5.43 Å². The van der Waals surface area contributed by atoms with Crippen LogP contribution in [0.3, 0.4) is 0 Å². The SMILES string of the molecule is Fc1ccc(/C=N/Nc2cc(Cl)nc(-c3ccccc3)n2)cc1. The minimum absolute atomic E-state index is 0.287. The van der Waals surface area contributed by atoms with E-state index in [2.05, 4.69) is 20.5 Å². The fourth-order valence-electron chi connectivity index (χ4n) is 1.91. The number of anilines is 1. The Morgan fingerprint density at radius 2 is 1.74 bits per heavy atom. The van der Waals surface area contributed by atoms with Crippen LogP contribution in [-0.4, -0.2) is 16.2 Å². The summed E-state index contributed by atoms with van der Waals surface area (Å²) in [5.74, 6) is 0.699. The Kier molecular flexibility index (Phi) is 4.59. The Labute approximate surface area is 137 Å². The number of aromatic nitrogens is 2. The molecular weight excluding hydrogens is 315 g/mol. The number of rotatable bonds is 4. The maximum Gasteiger partial charge on any atom is 0.163 e. The lowest BCUT2D eigenvalue weighted by molar-refractivity contribution is 0.628. The topological polar surface area (TPSA) is 50.2 Å². The highest BCUT2D eigenvalue weighted by atomic mass is 35.5. The molecule has 0 spiro atoms. The third kappa shape index (κ3) is 4.11. The van der Waals surface area contributed by atoms with Crippen LogP contribution in [0.15, 0.2) is 65.8 Å². The van der Waals surface area contributed by atoms with Crippen molar-refractivity contribution >= 4 is 23.6 Å². The molecule has 6 heteroatoms. The molecule has 1 N–H and O–H groups in total. The maximum absolute atomic E-state index is 12.8. The molecule has 0 fully saturated rings. The first kappa shape index (κ1) is 15.1. The first-order valence-corrected chi connectivity index (χ1v) is 7.23. The molecule has 0 aliphatic heterocycles. The molecule has 4 nitrogen and oxygen atoms in total. The first-order valence-electron chi connectivity index (χ1n) is 6.85. The summed E-state index contributed by atoms with van der Waals surface area (Å²) in [6, 6.07) is 17.1. The van der Waals surface area contributed by atoms with Crippen molar-refractivity contribution in [3.63, 3.8) is 0 Å². The zero-order valence-electron chi connectivity index (χ0n) is 11.9. The minimum Gasteiger partial charge on any atom is -0.261 e. The molecule has 0 atom stereocenters. The summed E-state index contributed by atoms with van der Waals surface area (Å²) in [6.07, 6.45) is 1.57. The van der Waals surface area contributed by atoms with Crippen molar-refractivity contribution in [1.29, 1.82) is 0 Å². The Balaban J connectivity index is 1.78. The van der Waals surface area contributed by atoms with E-state index in [-0.39, 0.29) is 5.82 Å². The fraction of sp³-hybridized carbons (Fsp3) is 0. The van der Waals surface area contributed by atoms with Crippen LogP contribution in [0, 0.1) is 5.82 Å². The number of nitrogens with zero attached hydrogens (tertiary/aromatic N) is 3. The second kappa shape index (κ2) is 6.98. The van der Waals surface area contributed by atoms with Crippen molar-refractivity contribution in [3.8, 4) is 11.4 Å². The van der Waals surface area contributed by atoms with Gasteiger partial charge in [0, 0.05) is 11.6 Å². The fourth-order valence-corrected chi connectivity index (χ4v) is 2.10. The lowest BCUT2D eigenvalue weighted by Gasteiger charge is -2.04. The van der Waals surface area contributed by atoms with E-state index in [1.54, 1.807) is 24.4 Å². The number of hydrogen-bond acceptors (Lipinski definition) is 4. The molecule has 1 heterocycles. The molecule has 0 aliphatic rings. The van der Waals surface area contributed by atoms with Crippen molar-refractivity contribution in [1.82, 2.24) is 9.97 Å². The average molecular weight is 327 g/mol. The van der Waals surface area contributed by atoms with Crippen LogP contribution in [0.5, 0.6) is 0 Å². The molecule has 23 heavy (non-hydrogen) atoms. The number of nitrogens with one attached hydrogen (secondary N) is 1. The summed E-state index contributed by atoms with van der Waals surface area (Å²) in [4.78, 5) is 8.57. The maximum atomic E-state index is 12.8. The monoisotopic (exact) mass is 326 g/mol. The Morgan fingerprint density at radius 3 is 2.48 bits per heavy atom. The molecule has 0 amide bonds. The van der Waals surface area contributed by atoms with E-state index in [1.807, 2.05) is 30.3 Å². The average Bonchev–Trinajstić information content (AvgIpc) is 2.57. The largest absolute Gasteiger partial charge is 0.261 e. The van der Waals surface area contributed by atoms with Gasteiger partial charge in [-0.25, -0.2) is 14.4 Å². The smallest absolute Gasteiger partial charge is 0.163 e. The second-order valence-electron chi connectivity index (χ2n) is 4.69. The molecule has 3 aromatic rings. The van der Waals surface area contributed by atoms with Crippen molar-refractivity contribution in [2.45, 2.75) is 0 Å². The predicted octanol–water partition coefficient (Wildman–Crippen LogP) is 4.38. The van der Waals surface area contributed by atoms with Gasteiger partial charge in [-0.1, -0.05) is 54.1 Å². The van der Waals surface area contributed by atoms with E-state index in [1.165, 1.54) is 12.1 Å². The molecule has 3 rings (SSSR count). The van der Waals surface area contributed by atoms with Crippen molar-refractivity contribution in [3.05, 3.63) is 77.2 Å². The van der Waals surface area contributed by atoms with Gasteiger partial charge in [-0.2, -0.15) is 5.10 Å². The molecular formula is C17H12ClFN4. The van der Waals surface area contributed by atoms with Crippen LogP contribution in [0.25, 0.3) is 11.4 Å².